The predicted molar refractivity (Wildman–Crippen MR) is 58.8 cm³/mol. The molecule has 0 amide bonds. The van der Waals surface area contributed by atoms with Crippen LogP contribution in [0.5, 0.6) is 0 Å². The van der Waals surface area contributed by atoms with Crippen molar-refractivity contribution in [3.05, 3.63) is 5.21 Å². The van der Waals surface area contributed by atoms with Gasteiger partial charge in [-0.25, -0.2) is 0 Å². The molecule has 1 N–H and O–H groups in total. The number of hydrogen-bond donors (Lipinski definition) is 1. The molecule has 0 radical (unpaired) electrons. The van der Waals surface area contributed by atoms with Gasteiger partial charge < -0.3 is 10.3 Å². The standard InChI is InChI=1S/C10H18N2OS/c1-6-8(3)12(13)9(5-11)7(2)10(6)14-4/h6-10,12H,1-4H3. The van der Waals surface area contributed by atoms with Crippen molar-refractivity contribution in [1.82, 2.24) is 0 Å². The highest BCUT2D eigenvalue weighted by Gasteiger charge is 2.43. The molecule has 0 saturated carbocycles. The summed E-state index contributed by atoms with van der Waals surface area (Å²) < 4.78 is 0. The third-order valence-electron chi connectivity index (χ3n) is 3.52. The predicted octanol–water partition coefficient (Wildman–Crippen LogP) is 0.667. The van der Waals surface area contributed by atoms with Crippen LogP contribution in [-0.4, -0.2) is 23.6 Å². The number of nitrogens with one attached hydrogen (secondary N) is 1. The van der Waals surface area contributed by atoms with Crippen molar-refractivity contribution in [2.75, 3.05) is 6.26 Å². The van der Waals surface area contributed by atoms with E-state index in [1.165, 1.54) is 0 Å². The van der Waals surface area contributed by atoms with Crippen LogP contribution in [0.25, 0.3) is 0 Å². The summed E-state index contributed by atoms with van der Waals surface area (Å²) in [6, 6.07) is 1.80. The first-order valence-corrected chi connectivity index (χ1v) is 6.29. The van der Waals surface area contributed by atoms with Crippen LogP contribution in [0.1, 0.15) is 20.8 Å². The normalized spacial score (nSPS) is 48.6. The van der Waals surface area contributed by atoms with Crippen LogP contribution in [0.15, 0.2) is 0 Å². The molecule has 1 aliphatic heterocycles. The SMILES string of the molecule is CSC1C(C)C(C)[NH+]([O-])C(C#N)C1C. The van der Waals surface area contributed by atoms with Crippen molar-refractivity contribution in [1.29, 1.82) is 5.26 Å². The van der Waals surface area contributed by atoms with Crippen molar-refractivity contribution in [2.24, 2.45) is 11.8 Å². The van der Waals surface area contributed by atoms with Crippen molar-refractivity contribution in [2.45, 2.75) is 38.1 Å². The lowest BCUT2D eigenvalue weighted by Gasteiger charge is -2.47. The van der Waals surface area contributed by atoms with E-state index in [0.29, 0.717) is 11.2 Å². The van der Waals surface area contributed by atoms with E-state index in [-0.39, 0.29) is 17.0 Å². The second-order valence-corrected chi connectivity index (χ2v) is 5.23. The van der Waals surface area contributed by atoms with Crippen LogP contribution in [0.4, 0.5) is 0 Å². The minimum absolute atomic E-state index is 0.0355. The lowest BCUT2D eigenvalue weighted by Crippen LogP contribution is -3.17. The molecule has 0 aliphatic carbocycles. The second-order valence-electron chi connectivity index (χ2n) is 4.22. The molecule has 6 unspecified atom stereocenters. The van der Waals surface area contributed by atoms with Crippen molar-refractivity contribution in [3.63, 3.8) is 0 Å². The average molecular weight is 214 g/mol. The molecule has 0 bridgehead atoms. The summed E-state index contributed by atoms with van der Waals surface area (Å²) in [7, 11) is 0. The summed E-state index contributed by atoms with van der Waals surface area (Å²) in [5, 5.41) is 21.4. The van der Waals surface area contributed by atoms with Crippen LogP contribution < -0.4 is 5.06 Å². The summed E-state index contributed by atoms with van der Waals surface area (Å²) in [4.78, 5) is 0. The highest BCUT2D eigenvalue weighted by Crippen LogP contribution is 2.31. The number of hydroxylamine groups is 2. The Morgan fingerprint density at radius 1 is 1.29 bits per heavy atom. The minimum Gasteiger partial charge on any atom is -0.633 e. The van der Waals surface area contributed by atoms with Crippen LogP contribution in [0.3, 0.4) is 0 Å². The molecular formula is C10H18N2OS. The van der Waals surface area contributed by atoms with E-state index in [9.17, 15) is 5.21 Å². The molecule has 4 heteroatoms. The van der Waals surface area contributed by atoms with Gasteiger partial charge in [0.25, 0.3) is 0 Å². The van der Waals surface area contributed by atoms with Gasteiger partial charge in [0.1, 0.15) is 6.07 Å². The van der Waals surface area contributed by atoms with Gasteiger partial charge in [0, 0.05) is 17.1 Å². The molecule has 1 fully saturated rings. The van der Waals surface area contributed by atoms with E-state index >= 15 is 0 Å². The molecule has 1 rings (SSSR count). The van der Waals surface area contributed by atoms with Crippen LogP contribution in [-0.2, 0) is 0 Å². The minimum atomic E-state index is -0.390. The Morgan fingerprint density at radius 2 is 1.86 bits per heavy atom. The molecule has 0 aromatic rings. The molecule has 80 valence electrons. The number of thioether (sulfide) groups is 1. The van der Waals surface area contributed by atoms with Crippen LogP contribution in [0, 0.1) is 28.4 Å². The van der Waals surface area contributed by atoms with E-state index in [0.717, 1.165) is 0 Å². The second kappa shape index (κ2) is 4.52. The molecule has 1 saturated heterocycles. The Balaban J connectivity index is 2.89. The molecule has 1 heterocycles. The summed E-state index contributed by atoms with van der Waals surface area (Å²) in [6.07, 6.45) is 2.06. The van der Waals surface area contributed by atoms with E-state index in [1.54, 1.807) is 11.8 Å². The highest BCUT2D eigenvalue weighted by molar-refractivity contribution is 7.99. The fourth-order valence-electron chi connectivity index (χ4n) is 2.36. The number of piperidine rings is 1. The smallest absolute Gasteiger partial charge is 0.178 e. The fourth-order valence-corrected chi connectivity index (χ4v) is 3.62. The van der Waals surface area contributed by atoms with E-state index in [4.69, 9.17) is 5.26 Å². The summed E-state index contributed by atoms with van der Waals surface area (Å²) >= 11 is 1.78. The molecule has 14 heavy (non-hydrogen) atoms. The molecule has 6 atom stereocenters. The number of nitrogens with zero attached hydrogens (tertiary/aromatic N) is 1. The number of hydrogen-bond acceptors (Lipinski definition) is 3. The van der Waals surface area contributed by atoms with Crippen LogP contribution >= 0.6 is 11.8 Å². The van der Waals surface area contributed by atoms with Gasteiger partial charge in [-0.15, -0.1) is 0 Å². The topological polar surface area (TPSA) is 51.3 Å². The zero-order valence-corrected chi connectivity index (χ0v) is 9.97. The maximum atomic E-state index is 11.8. The highest BCUT2D eigenvalue weighted by atomic mass is 32.2. The molecule has 0 spiro atoms. The van der Waals surface area contributed by atoms with Crippen molar-refractivity contribution >= 4 is 11.8 Å². The third kappa shape index (κ3) is 1.77. The van der Waals surface area contributed by atoms with Gasteiger partial charge in [-0.1, -0.05) is 13.8 Å². The molecular weight excluding hydrogens is 196 g/mol. The third-order valence-corrected chi connectivity index (χ3v) is 4.92. The van der Waals surface area contributed by atoms with Crippen molar-refractivity contribution in [3.8, 4) is 6.07 Å². The summed E-state index contributed by atoms with van der Waals surface area (Å²) in [5.41, 5.74) is 0. The maximum Gasteiger partial charge on any atom is 0.178 e. The number of rotatable bonds is 1. The summed E-state index contributed by atoms with van der Waals surface area (Å²) in [5.74, 6) is 0.575. The van der Waals surface area contributed by atoms with Gasteiger partial charge in [-0.05, 0) is 13.2 Å². The number of nitriles is 1. The molecule has 0 aromatic heterocycles. The first-order valence-electron chi connectivity index (χ1n) is 5.00. The zero-order chi connectivity index (χ0) is 10.9. The Hall–Kier alpha value is -0.240. The van der Waals surface area contributed by atoms with Gasteiger partial charge >= 0.3 is 0 Å². The van der Waals surface area contributed by atoms with Crippen molar-refractivity contribution < 1.29 is 5.06 Å². The Bertz CT molecular complexity index is 241. The first-order chi connectivity index (χ1) is 6.54. The van der Waals surface area contributed by atoms with Gasteiger partial charge in [0.05, 0.1) is 6.04 Å². The summed E-state index contributed by atoms with van der Waals surface area (Å²) in [6.45, 7) is 6.09. The zero-order valence-electron chi connectivity index (χ0n) is 9.15. The van der Waals surface area contributed by atoms with E-state index < -0.39 is 6.04 Å². The molecule has 0 aromatic carbocycles. The lowest BCUT2D eigenvalue weighted by atomic mass is 9.82. The molecule has 1 aliphatic rings. The average Bonchev–Trinajstić information content (AvgIpc) is 2.16. The van der Waals surface area contributed by atoms with Gasteiger partial charge in [-0.3, -0.25) is 0 Å². The Labute approximate surface area is 90.0 Å². The van der Waals surface area contributed by atoms with E-state index in [1.807, 2.05) is 13.8 Å². The first kappa shape index (κ1) is 11.8. The molecule has 3 nitrogen and oxygen atoms in total. The quantitative estimate of drug-likeness (QED) is 0.653. The van der Waals surface area contributed by atoms with Gasteiger partial charge in [-0.2, -0.15) is 17.0 Å². The van der Waals surface area contributed by atoms with Gasteiger partial charge in [0.15, 0.2) is 6.04 Å². The van der Waals surface area contributed by atoms with E-state index in [2.05, 4.69) is 19.2 Å². The Kier molecular flexibility index (Phi) is 3.82. The fraction of sp³-hybridized carbons (Fsp3) is 0.900. The largest absolute Gasteiger partial charge is 0.633 e. The van der Waals surface area contributed by atoms with Gasteiger partial charge in [0.2, 0.25) is 0 Å². The maximum absolute atomic E-state index is 11.8. The monoisotopic (exact) mass is 214 g/mol. The van der Waals surface area contributed by atoms with Crippen LogP contribution in [0.2, 0.25) is 0 Å². The Morgan fingerprint density at radius 3 is 2.29 bits per heavy atom. The number of quaternary nitrogens is 1. The lowest BCUT2D eigenvalue weighted by molar-refractivity contribution is -0.905.